The van der Waals surface area contributed by atoms with Crippen molar-refractivity contribution in [2.24, 2.45) is 17.8 Å². The van der Waals surface area contributed by atoms with Crippen LogP contribution in [0.4, 0.5) is 14.9 Å². The number of benzene rings is 1. The minimum atomic E-state index is -0.882. The van der Waals surface area contributed by atoms with Gasteiger partial charge in [0.15, 0.2) is 0 Å². The molecule has 0 radical (unpaired) electrons. The summed E-state index contributed by atoms with van der Waals surface area (Å²) < 4.78 is 13.7. The fourth-order valence-electron chi connectivity index (χ4n) is 3.85. The van der Waals surface area contributed by atoms with Crippen molar-refractivity contribution in [1.29, 1.82) is 0 Å². The lowest BCUT2D eigenvalue weighted by atomic mass is 9.97. The molecule has 7 nitrogen and oxygen atoms in total. The number of halogens is 1. The molecule has 3 amide bonds. The number of hydrogen-bond acceptors (Lipinski definition) is 3. The molecule has 0 aliphatic carbocycles. The number of amides is 3. The van der Waals surface area contributed by atoms with Crippen molar-refractivity contribution < 1.29 is 23.9 Å². The average molecular weight is 377 g/mol. The third-order valence-electron chi connectivity index (χ3n) is 5.41. The summed E-state index contributed by atoms with van der Waals surface area (Å²) in [6.07, 6.45) is 1.33. The third kappa shape index (κ3) is 4.20. The Balaban J connectivity index is 1.60. The molecular weight excluding hydrogens is 353 g/mol. The molecule has 0 spiro atoms. The standard InChI is InChI=1S/C19H24FN3O4/c1-12-9-23(11-14(12)18(25)26)17(24)13-5-4-8-22(10-13)19(27)21-16-7-3-2-6-15(16)20/h2-3,6-7,12-14H,4-5,8-11H2,1H3,(H,21,27)(H,25,26)/t12-,13?,14-/m1/s1. The van der Waals surface area contributed by atoms with Gasteiger partial charge in [-0.3, -0.25) is 9.59 Å². The molecule has 146 valence electrons. The molecule has 3 rings (SSSR count). The van der Waals surface area contributed by atoms with E-state index < -0.39 is 23.7 Å². The molecule has 2 fully saturated rings. The van der Waals surface area contributed by atoms with Gasteiger partial charge in [0.2, 0.25) is 5.91 Å². The Labute approximate surface area is 157 Å². The molecule has 1 unspecified atom stereocenters. The van der Waals surface area contributed by atoms with Crippen LogP contribution in [0.25, 0.3) is 0 Å². The number of carboxylic acids is 1. The number of carboxylic acid groups (broad SMARTS) is 1. The number of anilines is 1. The Morgan fingerprint density at radius 1 is 1.15 bits per heavy atom. The first-order valence-electron chi connectivity index (χ1n) is 9.19. The Kier molecular flexibility index (Phi) is 5.62. The molecule has 2 N–H and O–H groups in total. The van der Waals surface area contributed by atoms with Gasteiger partial charge in [-0.25, -0.2) is 9.18 Å². The molecule has 0 saturated carbocycles. The molecule has 3 atom stereocenters. The van der Waals surface area contributed by atoms with Crippen LogP contribution in [0.1, 0.15) is 19.8 Å². The first-order chi connectivity index (χ1) is 12.9. The van der Waals surface area contributed by atoms with Crippen molar-refractivity contribution >= 4 is 23.6 Å². The highest BCUT2D eigenvalue weighted by Crippen LogP contribution is 2.27. The highest BCUT2D eigenvalue weighted by Gasteiger charge is 2.40. The monoisotopic (exact) mass is 377 g/mol. The molecule has 2 heterocycles. The summed E-state index contributed by atoms with van der Waals surface area (Å²) in [6, 6.07) is 5.50. The first kappa shape index (κ1) is 19.1. The number of para-hydroxylation sites is 1. The van der Waals surface area contributed by atoms with Gasteiger partial charge >= 0.3 is 12.0 Å². The number of rotatable bonds is 3. The van der Waals surface area contributed by atoms with Crippen LogP contribution >= 0.6 is 0 Å². The molecule has 2 aliphatic rings. The molecule has 0 aromatic heterocycles. The van der Waals surface area contributed by atoms with Crippen LogP contribution in [0, 0.1) is 23.6 Å². The van der Waals surface area contributed by atoms with E-state index in [4.69, 9.17) is 0 Å². The number of hydrogen-bond donors (Lipinski definition) is 2. The van der Waals surface area contributed by atoms with Crippen molar-refractivity contribution in [3.63, 3.8) is 0 Å². The second-order valence-corrected chi connectivity index (χ2v) is 7.36. The van der Waals surface area contributed by atoms with Crippen molar-refractivity contribution in [1.82, 2.24) is 9.80 Å². The predicted octanol–water partition coefficient (Wildman–Crippen LogP) is 2.25. The molecule has 1 aromatic carbocycles. The molecule has 27 heavy (non-hydrogen) atoms. The Hall–Kier alpha value is -2.64. The van der Waals surface area contributed by atoms with Crippen LogP contribution < -0.4 is 5.32 Å². The summed E-state index contributed by atoms with van der Waals surface area (Å²) in [7, 11) is 0. The van der Waals surface area contributed by atoms with Gasteiger partial charge in [-0.05, 0) is 30.9 Å². The third-order valence-corrected chi connectivity index (χ3v) is 5.41. The zero-order valence-electron chi connectivity index (χ0n) is 15.2. The van der Waals surface area contributed by atoms with Gasteiger partial charge in [0.05, 0.1) is 17.5 Å². The summed E-state index contributed by atoms with van der Waals surface area (Å²) in [5, 5.41) is 11.8. The first-order valence-corrected chi connectivity index (χ1v) is 9.19. The lowest BCUT2D eigenvalue weighted by molar-refractivity contribution is -0.142. The van der Waals surface area contributed by atoms with Gasteiger partial charge in [-0.1, -0.05) is 19.1 Å². The van der Waals surface area contributed by atoms with E-state index in [-0.39, 0.29) is 36.5 Å². The van der Waals surface area contributed by atoms with E-state index >= 15 is 0 Å². The van der Waals surface area contributed by atoms with Crippen molar-refractivity contribution in [3.8, 4) is 0 Å². The zero-order chi connectivity index (χ0) is 19.6. The lowest BCUT2D eigenvalue weighted by Crippen LogP contribution is -2.47. The number of carbonyl (C=O) groups excluding carboxylic acids is 2. The van der Waals surface area contributed by atoms with Crippen LogP contribution in [-0.4, -0.2) is 59.0 Å². The maximum atomic E-state index is 13.7. The number of aliphatic carboxylic acids is 1. The van der Waals surface area contributed by atoms with Gasteiger partial charge in [0, 0.05) is 26.2 Å². The largest absolute Gasteiger partial charge is 0.481 e. The smallest absolute Gasteiger partial charge is 0.321 e. The average Bonchev–Trinajstić information content (AvgIpc) is 3.05. The Bertz CT molecular complexity index is 741. The van der Waals surface area contributed by atoms with Gasteiger partial charge in [0.1, 0.15) is 5.82 Å². The quantitative estimate of drug-likeness (QED) is 0.845. The Morgan fingerprint density at radius 2 is 1.89 bits per heavy atom. The van der Waals surface area contributed by atoms with E-state index in [1.807, 2.05) is 6.92 Å². The molecule has 1 aromatic rings. The van der Waals surface area contributed by atoms with E-state index in [1.165, 1.54) is 17.0 Å². The zero-order valence-corrected chi connectivity index (χ0v) is 15.2. The van der Waals surface area contributed by atoms with Crippen molar-refractivity contribution in [2.75, 3.05) is 31.5 Å². The van der Waals surface area contributed by atoms with Gasteiger partial charge in [-0.15, -0.1) is 0 Å². The molecular formula is C19H24FN3O4. The summed E-state index contributed by atoms with van der Waals surface area (Å²) in [4.78, 5) is 39.7. The van der Waals surface area contributed by atoms with Crippen LogP contribution in [0.2, 0.25) is 0 Å². The van der Waals surface area contributed by atoms with E-state index in [1.54, 1.807) is 17.0 Å². The summed E-state index contributed by atoms with van der Waals surface area (Å²) >= 11 is 0. The van der Waals surface area contributed by atoms with Crippen molar-refractivity contribution in [3.05, 3.63) is 30.1 Å². The lowest BCUT2D eigenvalue weighted by Gasteiger charge is -2.34. The van der Waals surface area contributed by atoms with Crippen molar-refractivity contribution in [2.45, 2.75) is 19.8 Å². The van der Waals surface area contributed by atoms with Crippen LogP contribution in [0.3, 0.4) is 0 Å². The predicted molar refractivity (Wildman–Crippen MR) is 96.6 cm³/mol. The normalized spacial score (nSPS) is 25.3. The second-order valence-electron chi connectivity index (χ2n) is 7.36. The highest BCUT2D eigenvalue weighted by atomic mass is 19.1. The number of nitrogens with one attached hydrogen (secondary N) is 1. The fourth-order valence-corrected chi connectivity index (χ4v) is 3.85. The van der Waals surface area contributed by atoms with E-state index in [9.17, 15) is 23.9 Å². The van der Waals surface area contributed by atoms with E-state index in [2.05, 4.69) is 5.32 Å². The maximum Gasteiger partial charge on any atom is 0.321 e. The molecule has 8 heteroatoms. The highest BCUT2D eigenvalue weighted by molar-refractivity contribution is 5.90. The molecule has 0 bridgehead atoms. The van der Waals surface area contributed by atoms with Gasteiger partial charge in [0.25, 0.3) is 0 Å². The number of piperidine rings is 1. The SMILES string of the molecule is C[C@@H]1CN(C(=O)C2CCCN(C(=O)Nc3ccccc3F)C2)C[C@H]1C(=O)O. The van der Waals surface area contributed by atoms with Crippen LogP contribution in [-0.2, 0) is 9.59 Å². The second kappa shape index (κ2) is 7.94. The molecule has 2 saturated heterocycles. The van der Waals surface area contributed by atoms with E-state index in [0.717, 1.165) is 0 Å². The summed E-state index contributed by atoms with van der Waals surface area (Å²) in [5.74, 6) is -2.49. The minimum absolute atomic E-state index is 0.0875. The molecule has 2 aliphatic heterocycles. The van der Waals surface area contributed by atoms with Gasteiger partial charge in [-0.2, -0.15) is 0 Å². The fraction of sp³-hybridized carbons (Fsp3) is 0.526. The van der Waals surface area contributed by atoms with E-state index in [0.29, 0.717) is 25.9 Å². The summed E-state index contributed by atoms with van der Waals surface area (Å²) in [6.45, 7) is 3.22. The number of urea groups is 1. The summed E-state index contributed by atoms with van der Waals surface area (Å²) in [5.41, 5.74) is 0.105. The van der Waals surface area contributed by atoms with Crippen LogP contribution in [0.15, 0.2) is 24.3 Å². The maximum absolute atomic E-state index is 13.7. The number of nitrogens with zero attached hydrogens (tertiary/aromatic N) is 2. The number of likely N-dealkylation sites (tertiary alicyclic amines) is 2. The van der Waals surface area contributed by atoms with Gasteiger partial charge < -0.3 is 20.2 Å². The van der Waals surface area contributed by atoms with Crippen LogP contribution in [0.5, 0.6) is 0 Å². The minimum Gasteiger partial charge on any atom is -0.481 e. The topological polar surface area (TPSA) is 90.0 Å². The Morgan fingerprint density at radius 3 is 2.56 bits per heavy atom. The number of carbonyl (C=O) groups is 3.